The fourth-order valence-corrected chi connectivity index (χ4v) is 2.54. The van der Waals surface area contributed by atoms with E-state index in [4.69, 9.17) is 27.9 Å². The van der Waals surface area contributed by atoms with Crippen molar-refractivity contribution in [1.29, 1.82) is 0 Å². The minimum absolute atomic E-state index is 0.0764. The first-order chi connectivity index (χ1) is 12.2. The lowest BCUT2D eigenvalue weighted by Crippen LogP contribution is -2.57. The van der Waals surface area contributed by atoms with E-state index in [9.17, 15) is 18.0 Å². The molecule has 2 aromatic rings. The Balaban J connectivity index is 1.49. The first-order valence-electron chi connectivity index (χ1n) is 7.43. The van der Waals surface area contributed by atoms with Crippen molar-refractivity contribution < 1.29 is 22.7 Å². The summed E-state index contributed by atoms with van der Waals surface area (Å²) in [6.45, 7) is 0.575. The smallest absolute Gasteiger partial charge is 0.417 e. The molecule has 1 aliphatic heterocycles. The number of nitrogens with one attached hydrogen (secondary N) is 1. The van der Waals surface area contributed by atoms with Crippen LogP contribution in [0.5, 0.6) is 5.88 Å². The van der Waals surface area contributed by atoms with E-state index in [1.807, 2.05) is 0 Å². The molecule has 0 radical (unpaired) electrons. The molecule has 1 aliphatic rings. The number of hydrogen-bond acceptors (Lipinski definition) is 3. The zero-order valence-electron chi connectivity index (χ0n) is 13.1. The van der Waals surface area contributed by atoms with Gasteiger partial charge in [-0.2, -0.15) is 13.2 Å². The molecule has 2 heterocycles. The second-order valence-corrected chi connectivity index (χ2v) is 6.40. The van der Waals surface area contributed by atoms with Crippen LogP contribution in [-0.4, -0.2) is 35.1 Å². The molecule has 5 nitrogen and oxygen atoms in total. The summed E-state index contributed by atoms with van der Waals surface area (Å²) in [5.41, 5.74) is -0.348. The monoisotopic (exact) mass is 405 g/mol. The molecule has 10 heteroatoms. The summed E-state index contributed by atoms with van der Waals surface area (Å²) in [5, 5.41) is 3.37. The molecule has 1 N–H and O–H groups in total. The first kappa shape index (κ1) is 18.6. The molecular weight excluding hydrogens is 394 g/mol. The number of nitrogens with zero attached hydrogens (tertiary/aromatic N) is 2. The molecule has 2 amide bonds. The molecule has 0 bridgehead atoms. The van der Waals surface area contributed by atoms with Gasteiger partial charge in [-0.05, 0) is 24.3 Å². The molecule has 1 fully saturated rings. The van der Waals surface area contributed by atoms with E-state index in [2.05, 4.69) is 10.3 Å². The maximum absolute atomic E-state index is 12.5. The maximum Gasteiger partial charge on any atom is 0.417 e. The third-order valence-electron chi connectivity index (χ3n) is 3.66. The average molecular weight is 406 g/mol. The number of benzene rings is 1. The minimum atomic E-state index is -4.44. The predicted molar refractivity (Wildman–Crippen MR) is 90.7 cm³/mol. The number of carbonyl (C=O) groups excluding carboxylic acids is 1. The quantitative estimate of drug-likeness (QED) is 0.804. The Morgan fingerprint density at radius 3 is 2.50 bits per heavy atom. The van der Waals surface area contributed by atoms with Crippen LogP contribution in [0.3, 0.4) is 0 Å². The Morgan fingerprint density at radius 1 is 1.19 bits per heavy atom. The lowest BCUT2D eigenvalue weighted by Gasteiger charge is -2.38. The van der Waals surface area contributed by atoms with E-state index in [1.165, 1.54) is 11.0 Å². The lowest BCUT2D eigenvalue weighted by atomic mass is 10.2. The summed E-state index contributed by atoms with van der Waals surface area (Å²) in [7, 11) is 0. The highest BCUT2D eigenvalue weighted by Crippen LogP contribution is 2.30. The van der Waals surface area contributed by atoms with Crippen molar-refractivity contribution in [3.63, 3.8) is 0 Å². The van der Waals surface area contributed by atoms with Crippen LogP contribution in [0, 0.1) is 0 Å². The number of hydrogen-bond donors (Lipinski definition) is 1. The van der Waals surface area contributed by atoms with Gasteiger partial charge in [0.2, 0.25) is 5.88 Å². The number of amides is 2. The number of anilines is 1. The molecular formula is C16H12Cl2F3N3O2. The van der Waals surface area contributed by atoms with Crippen LogP contribution in [0.15, 0.2) is 36.5 Å². The number of alkyl halides is 3. The van der Waals surface area contributed by atoms with Gasteiger partial charge in [-0.1, -0.05) is 23.2 Å². The molecule has 26 heavy (non-hydrogen) atoms. The van der Waals surface area contributed by atoms with Gasteiger partial charge in [-0.15, -0.1) is 0 Å². The van der Waals surface area contributed by atoms with E-state index >= 15 is 0 Å². The molecule has 1 aromatic carbocycles. The molecule has 138 valence electrons. The topological polar surface area (TPSA) is 54.5 Å². The van der Waals surface area contributed by atoms with Crippen molar-refractivity contribution in [3.8, 4) is 5.88 Å². The van der Waals surface area contributed by atoms with Crippen LogP contribution >= 0.6 is 23.2 Å². The van der Waals surface area contributed by atoms with Crippen molar-refractivity contribution >= 4 is 34.9 Å². The Bertz CT molecular complexity index is 809. The summed E-state index contributed by atoms with van der Waals surface area (Å²) < 4.78 is 42.9. The van der Waals surface area contributed by atoms with Crippen LogP contribution in [0.25, 0.3) is 0 Å². The molecule has 0 unspecified atom stereocenters. The number of aromatic nitrogens is 1. The van der Waals surface area contributed by atoms with Crippen molar-refractivity contribution in [2.75, 3.05) is 18.4 Å². The Kier molecular flexibility index (Phi) is 5.15. The summed E-state index contributed by atoms with van der Waals surface area (Å²) in [4.78, 5) is 17.2. The standard InChI is InChI=1S/C16H12Cl2F3N3O2/c17-12-3-2-10(5-13(12)18)23-15(25)24-7-11(8-24)26-14-4-1-9(6-22-14)16(19,20)21/h1-6,11H,7-8H2,(H,23,25). The summed E-state index contributed by atoms with van der Waals surface area (Å²) in [5.74, 6) is 0.0764. The third kappa shape index (κ3) is 4.31. The number of urea groups is 1. The van der Waals surface area contributed by atoms with Gasteiger partial charge in [0.15, 0.2) is 0 Å². The van der Waals surface area contributed by atoms with Crippen molar-refractivity contribution in [2.45, 2.75) is 12.3 Å². The number of pyridine rings is 1. The summed E-state index contributed by atoms with van der Waals surface area (Å²) >= 11 is 11.7. The van der Waals surface area contributed by atoms with Crippen LogP contribution in [0.1, 0.15) is 5.56 Å². The molecule has 1 aromatic heterocycles. The zero-order chi connectivity index (χ0) is 18.9. The van der Waals surface area contributed by atoms with Gasteiger partial charge in [0.05, 0.1) is 28.7 Å². The number of ether oxygens (including phenoxy) is 1. The number of halogens is 5. The Labute approximate surface area is 156 Å². The van der Waals surface area contributed by atoms with E-state index in [0.717, 1.165) is 12.1 Å². The molecule has 0 spiro atoms. The van der Waals surface area contributed by atoms with Gasteiger partial charge in [0.1, 0.15) is 6.10 Å². The van der Waals surface area contributed by atoms with E-state index < -0.39 is 11.7 Å². The zero-order valence-corrected chi connectivity index (χ0v) is 14.6. The minimum Gasteiger partial charge on any atom is -0.471 e. The largest absolute Gasteiger partial charge is 0.471 e. The predicted octanol–water partition coefficient (Wildman–Crippen LogP) is 4.70. The van der Waals surface area contributed by atoms with Gasteiger partial charge < -0.3 is 15.0 Å². The van der Waals surface area contributed by atoms with Gasteiger partial charge in [0.25, 0.3) is 0 Å². The normalized spacial score (nSPS) is 14.7. The SMILES string of the molecule is O=C(Nc1ccc(Cl)c(Cl)c1)N1CC(Oc2ccc(C(F)(F)F)cn2)C1. The van der Waals surface area contributed by atoms with E-state index in [1.54, 1.807) is 12.1 Å². The number of likely N-dealkylation sites (tertiary alicyclic amines) is 1. The summed E-state index contributed by atoms with van der Waals surface area (Å²) in [6.07, 6.45) is -4.07. The van der Waals surface area contributed by atoms with Crippen LogP contribution < -0.4 is 10.1 Å². The molecule has 0 atom stereocenters. The van der Waals surface area contributed by atoms with Crippen LogP contribution in [0.2, 0.25) is 10.0 Å². The Hall–Kier alpha value is -2.19. The summed E-state index contributed by atoms with van der Waals surface area (Å²) in [6, 6.07) is 6.42. The van der Waals surface area contributed by atoms with E-state index in [0.29, 0.717) is 21.9 Å². The van der Waals surface area contributed by atoms with Crippen LogP contribution in [0.4, 0.5) is 23.7 Å². The highest BCUT2D eigenvalue weighted by atomic mass is 35.5. The van der Waals surface area contributed by atoms with Gasteiger partial charge in [-0.3, -0.25) is 0 Å². The van der Waals surface area contributed by atoms with Crippen molar-refractivity contribution in [1.82, 2.24) is 9.88 Å². The fraction of sp³-hybridized carbons (Fsp3) is 0.250. The van der Waals surface area contributed by atoms with Gasteiger partial charge in [0, 0.05) is 18.0 Å². The van der Waals surface area contributed by atoms with Crippen molar-refractivity contribution in [2.24, 2.45) is 0 Å². The van der Waals surface area contributed by atoms with E-state index in [-0.39, 0.29) is 31.1 Å². The maximum atomic E-state index is 12.5. The second kappa shape index (κ2) is 7.20. The third-order valence-corrected chi connectivity index (χ3v) is 4.40. The number of rotatable bonds is 3. The molecule has 1 saturated heterocycles. The highest BCUT2D eigenvalue weighted by molar-refractivity contribution is 6.42. The molecule has 3 rings (SSSR count). The second-order valence-electron chi connectivity index (χ2n) is 5.59. The fourth-order valence-electron chi connectivity index (χ4n) is 2.24. The molecule has 0 aliphatic carbocycles. The average Bonchev–Trinajstić information content (AvgIpc) is 2.53. The van der Waals surface area contributed by atoms with Crippen molar-refractivity contribution in [3.05, 3.63) is 52.1 Å². The lowest BCUT2D eigenvalue weighted by molar-refractivity contribution is -0.137. The highest BCUT2D eigenvalue weighted by Gasteiger charge is 2.34. The van der Waals surface area contributed by atoms with Gasteiger partial charge in [-0.25, -0.2) is 9.78 Å². The number of carbonyl (C=O) groups is 1. The van der Waals surface area contributed by atoms with Gasteiger partial charge >= 0.3 is 12.2 Å². The molecule has 0 saturated carbocycles. The Morgan fingerprint density at radius 2 is 1.92 bits per heavy atom. The van der Waals surface area contributed by atoms with Crippen LogP contribution in [-0.2, 0) is 6.18 Å². The first-order valence-corrected chi connectivity index (χ1v) is 8.19.